The standard InChI is InChI=1S/C40H44N4O3/c45-34-11-13-36-38(25-34)47-27-37(29-4-2-1-3-5-29)39(36)30-6-8-32(9-7-30)43-18-15-28(16-19-43)14-17-42-20-22-44(23-21-42)33-10-12-35-31(24-33)26-41-40(35)46/h1-13,24-25,28,37,39,45H,14-23,26-27H2,(H,41,46). The first-order chi connectivity index (χ1) is 23.1. The molecule has 0 aromatic heterocycles. The summed E-state index contributed by atoms with van der Waals surface area (Å²) in [7, 11) is 0. The number of hydrogen-bond acceptors (Lipinski definition) is 6. The summed E-state index contributed by atoms with van der Waals surface area (Å²) in [5.41, 5.74) is 8.21. The summed E-state index contributed by atoms with van der Waals surface area (Å²) in [4.78, 5) is 19.6. The van der Waals surface area contributed by atoms with Gasteiger partial charge in [-0.2, -0.15) is 0 Å². The molecule has 2 fully saturated rings. The van der Waals surface area contributed by atoms with Crippen molar-refractivity contribution in [2.75, 3.05) is 62.2 Å². The molecule has 4 aliphatic heterocycles. The number of nitrogens with one attached hydrogen (secondary N) is 1. The first kappa shape index (κ1) is 29.9. The average Bonchev–Trinajstić information content (AvgIpc) is 3.50. The average molecular weight is 629 g/mol. The third-order valence-electron chi connectivity index (χ3n) is 11.0. The molecule has 47 heavy (non-hydrogen) atoms. The number of aromatic hydroxyl groups is 1. The van der Waals surface area contributed by atoms with Crippen LogP contribution in [-0.2, 0) is 6.54 Å². The second-order valence-electron chi connectivity index (χ2n) is 13.7. The van der Waals surface area contributed by atoms with Gasteiger partial charge in [0.1, 0.15) is 11.5 Å². The molecule has 1 amide bonds. The van der Waals surface area contributed by atoms with E-state index in [2.05, 4.69) is 86.7 Å². The van der Waals surface area contributed by atoms with Gasteiger partial charge in [-0.05, 0) is 84.8 Å². The number of piperazine rings is 1. The van der Waals surface area contributed by atoms with Gasteiger partial charge in [-0.1, -0.05) is 48.5 Å². The molecule has 2 atom stereocenters. The zero-order chi connectivity index (χ0) is 31.7. The fraction of sp³-hybridized carbons (Fsp3) is 0.375. The number of phenols is 1. The van der Waals surface area contributed by atoms with Crippen molar-refractivity contribution in [1.82, 2.24) is 10.2 Å². The molecule has 0 bridgehead atoms. The van der Waals surface area contributed by atoms with Crippen LogP contribution in [0.3, 0.4) is 0 Å². The molecule has 7 heteroatoms. The lowest BCUT2D eigenvalue weighted by atomic mass is 9.76. The number of carbonyl (C=O) groups excluding carboxylic acids is 1. The third-order valence-corrected chi connectivity index (χ3v) is 11.0. The minimum atomic E-state index is 0.0533. The molecule has 0 saturated carbocycles. The van der Waals surface area contributed by atoms with Crippen molar-refractivity contribution in [2.45, 2.75) is 37.6 Å². The van der Waals surface area contributed by atoms with E-state index in [1.54, 1.807) is 12.1 Å². The topological polar surface area (TPSA) is 68.3 Å². The number of nitrogens with zero attached hydrogens (tertiary/aromatic N) is 3. The highest BCUT2D eigenvalue weighted by Crippen LogP contribution is 2.47. The Labute approximate surface area is 277 Å². The summed E-state index contributed by atoms with van der Waals surface area (Å²) in [5.74, 6) is 2.24. The van der Waals surface area contributed by atoms with Crippen LogP contribution in [0.1, 0.15) is 63.7 Å². The van der Waals surface area contributed by atoms with E-state index in [9.17, 15) is 9.90 Å². The second kappa shape index (κ2) is 13.0. The van der Waals surface area contributed by atoms with E-state index in [1.807, 2.05) is 12.1 Å². The summed E-state index contributed by atoms with van der Waals surface area (Å²) in [5, 5.41) is 13.0. The highest BCUT2D eigenvalue weighted by Gasteiger charge is 2.34. The van der Waals surface area contributed by atoms with Gasteiger partial charge in [0.15, 0.2) is 0 Å². The number of phenolic OH excluding ortho intramolecular Hbond substituents is 1. The minimum Gasteiger partial charge on any atom is -0.508 e. The Bertz CT molecular complexity index is 1710. The summed E-state index contributed by atoms with van der Waals surface area (Å²) >= 11 is 0. The Hall–Kier alpha value is -4.49. The van der Waals surface area contributed by atoms with Crippen molar-refractivity contribution in [3.8, 4) is 11.5 Å². The molecule has 0 aliphatic carbocycles. The number of benzene rings is 4. The van der Waals surface area contributed by atoms with E-state index in [0.29, 0.717) is 13.2 Å². The maximum atomic E-state index is 11.9. The zero-order valence-electron chi connectivity index (χ0n) is 27.0. The molecule has 0 spiro atoms. The van der Waals surface area contributed by atoms with E-state index in [1.165, 1.54) is 48.3 Å². The fourth-order valence-corrected chi connectivity index (χ4v) is 8.18. The number of piperidine rings is 1. The predicted octanol–water partition coefficient (Wildman–Crippen LogP) is 6.37. The second-order valence-corrected chi connectivity index (χ2v) is 13.7. The van der Waals surface area contributed by atoms with Crippen molar-refractivity contribution >= 4 is 17.3 Å². The van der Waals surface area contributed by atoms with Crippen LogP contribution in [0.15, 0.2) is 91.0 Å². The number of carbonyl (C=O) groups is 1. The number of amides is 1. The van der Waals surface area contributed by atoms with Gasteiger partial charge in [-0.15, -0.1) is 0 Å². The molecule has 4 aliphatic rings. The van der Waals surface area contributed by atoms with Crippen molar-refractivity contribution < 1.29 is 14.6 Å². The van der Waals surface area contributed by atoms with Crippen LogP contribution < -0.4 is 19.9 Å². The van der Waals surface area contributed by atoms with E-state index >= 15 is 0 Å². The van der Waals surface area contributed by atoms with Crippen LogP contribution in [-0.4, -0.2) is 68.3 Å². The van der Waals surface area contributed by atoms with Crippen molar-refractivity contribution in [3.63, 3.8) is 0 Å². The molecule has 4 aromatic rings. The first-order valence-electron chi connectivity index (χ1n) is 17.3. The van der Waals surface area contributed by atoms with Crippen LogP contribution in [0.4, 0.5) is 11.4 Å². The van der Waals surface area contributed by atoms with Crippen molar-refractivity contribution in [3.05, 3.63) is 119 Å². The number of fused-ring (bicyclic) bond motifs is 2. The summed E-state index contributed by atoms with van der Waals surface area (Å²) in [6, 6.07) is 31.7. The zero-order valence-corrected chi connectivity index (χ0v) is 27.0. The molecule has 7 nitrogen and oxygen atoms in total. The van der Waals surface area contributed by atoms with E-state index in [0.717, 1.165) is 67.6 Å². The van der Waals surface area contributed by atoms with E-state index in [4.69, 9.17) is 4.74 Å². The van der Waals surface area contributed by atoms with Gasteiger partial charge in [0, 0.05) is 86.2 Å². The van der Waals surface area contributed by atoms with Gasteiger partial charge < -0.3 is 25.0 Å². The van der Waals surface area contributed by atoms with Gasteiger partial charge >= 0.3 is 0 Å². The Morgan fingerprint density at radius 2 is 1.51 bits per heavy atom. The maximum Gasteiger partial charge on any atom is 0.251 e. The molecule has 4 heterocycles. The van der Waals surface area contributed by atoms with Gasteiger partial charge in [0.25, 0.3) is 5.91 Å². The highest BCUT2D eigenvalue weighted by molar-refractivity contribution is 5.98. The first-order valence-corrected chi connectivity index (χ1v) is 17.3. The number of hydrogen-bond donors (Lipinski definition) is 2. The SMILES string of the molecule is O=C1NCc2cc(N3CCN(CCC4CCN(c5ccc(C6c7ccc(O)cc7OCC6c6ccccc6)cc5)CC4)CC3)ccc21. The Kier molecular flexibility index (Phi) is 8.24. The molecule has 4 aromatic carbocycles. The molecular formula is C40H44N4O3. The molecular weight excluding hydrogens is 584 g/mol. The minimum absolute atomic E-state index is 0.0533. The van der Waals surface area contributed by atoms with E-state index < -0.39 is 0 Å². The van der Waals surface area contributed by atoms with Crippen LogP contribution in [0.25, 0.3) is 0 Å². The summed E-state index contributed by atoms with van der Waals surface area (Å²) in [6.07, 6.45) is 3.77. The van der Waals surface area contributed by atoms with Crippen LogP contribution in [0.5, 0.6) is 11.5 Å². The lowest BCUT2D eigenvalue weighted by Crippen LogP contribution is -2.47. The van der Waals surface area contributed by atoms with Crippen LogP contribution in [0, 0.1) is 5.92 Å². The largest absolute Gasteiger partial charge is 0.508 e. The van der Waals surface area contributed by atoms with Crippen LogP contribution in [0.2, 0.25) is 0 Å². The summed E-state index contributed by atoms with van der Waals surface area (Å²) < 4.78 is 6.17. The molecule has 242 valence electrons. The molecule has 2 saturated heterocycles. The Morgan fingerprint density at radius 3 is 2.30 bits per heavy atom. The van der Waals surface area contributed by atoms with E-state index in [-0.39, 0.29) is 23.5 Å². The Morgan fingerprint density at radius 1 is 0.766 bits per heavy atom. The predicted molar refractivity (Wildman–Crippen MR) is 187 cm³/mol. The fourth-order valence-electron chi connectivity index (χ4n) is 8.18. The van der Waals surface area contributed by atoms with Gasteiger partial charge in [0.05, 0.1) is 6.61 Å². The normalized spacial score (nSPS) is 21.6. The molecule has 2 unspecified atom stereocenters. The van der Waals surface area contributed by atoms with Crippen molar-refractivity contribution in [1.29, 1.82) is 0 Å². The van der Waals surface area contributed by atoms with Gasteiger partial charge in [-0.3, -0.25) is 9.69 Å². The summed E-state index contributed by atoms with van der Waals surface area (Å²) in [6.45, 7) is 8.94. The smallest absolute Gasteiger partial charge is 0.251 e. The maximum absolute atomic E-state index is 11.9. The quantitative estimate of drug-likeness (QED) is 0.248. The van der Waals surface area contributed by atoms with Crippen molar-refractivity contribution in [2.24, 2.45) is 5.92 Å². The van der Waals surface area contributed by atoms with Crippen LogP contribution >= 0.6 is 0 Å². The lowest BCUT2D eigenvalue weighted by molar-refractivity contribution is 0.0965. The molecule has 0 radical (unpaired) electrons. The third kappa shape index (κ3) is 6.17. The number of rotatable bonds is 7. The van der Waals surface area contributed by atoms with Gasteiger partial charge in [0.2, 0.25) is 0 Å². The van der Waals surface area contributed by atoms with Gasteiger partial charge in [-0.25, -0.2) is 0 Å². The monoisotopic (exact) mass is 628 g/mol. The Balaban J connectivity index is 0.848. The highest BCUT2D eigenvalue weighted by atomic mass is 16.5. The molecule has 8 rings (SSSR count). The number of ether oxygens (including phenoxy) is 1. The molecule has 2 N–H and O–H groups in total. The number of anilines is 2. The lowest BCUT2D eigenvalue weighted by Gasteiger charge is -2.38.